The number of rotatable bonds is 11. The van der Waals surface area contributed by atoms with Crippen LogP contribution in [0.4, 0.5) is 4.39 Å². The van der Waals surface area contributed by atoms with E-state index in [-0.39, 0.29) is 48.2 Å². The Morgan fingerprint density at radius 1 is 1.03 bits per heavy atom. The summed E-state index contributed by atoms with van der Waals surface area (Å²) < 4.78 is 30.1. The summed E-state index contributed by atoms with van der Waals surface area (Å²) in [7, 11) is 0. The second-order valence-electron chi connectivity index (χ2n) is 6.66. The number of phenols is 1. The molecule has 0 amide bonds. The predicted octanol–water partition coefficient (Wildman–Crippen LogP) is 4.71. The van der Waals surface area contributed by atoms with Crippen LogP contribution in [0.2, 0.25) is 0 Å². The van der Waals surface area contributed by atoms with Crippen molar-refractivity contribution in [1.82, 2.24) is 0 Å². The van der Waals surface area contributed by atoms with Crippen molar-refractivity contribution in [3.05, 3.63) is 52.8 Å². The Morgan fingerprint density at radius 3 is 2.30 bits per heavy atom. The molecule has 1 N–H and O–H groups in total. The van der Waals surface area contributed by atoms with Gasteiger partial charge in [-0.2, -0.15) is 0 Å². The van der Waals surface area contributed by atoms with E-state index in [1.807, 2.05) is 6.92 Å². The van der Waals surface area contributed by atoms with Crippen LogP contribution in [0.1, 0.15) is 59.9 Å². The van der Waals surface area contributed by atoms with Crippen molar-refractivity contribution in [2.24, 2.45) is 0 Å². The summed E-state index contributed by atoms with van der Waals surface area (Å²) in [5.74, 6) is -0.917. The molecule has 0 aliphatic rings. The summed E-state index contributed by atoms with van der Waals surface area (Å²) in [4.78, 5) is 23.2. The zero-order valence-corrected chi connectivity index (χ0v) is 17.5. The molecule has 0 aromatic heterocycles. The normalized spacial score (nSPS) is 10.5. The van der Waals surface area contributed by atoms with Gasteiger partial charge >= 0.3 is 5.97 Å². The summed E-state index contributed by atoms with van der Waals surface area (Å²) >= 11 is 0. The highest BCUT2D eigenvalue weighted by molar-refractivity contribution is 5.97. The van der Waals surface area contributed by atoms with Crippen molar-refractivity contribution in [1.29, 1.82) is 0 Å². The highest BCUT2D eigenvalue weighted by atomic mass is 19.1. The average Bonchev–Trinajstić information content (AvgIpc) is 2.71. The first-order chi connectivity index (χ1) is 14.4. The lowest BCUT2D eigenvalue weighted by Gasteiger charge is -2.15. The Bertz CT molecular complexity index is 894. The van der Waals surface area contributed by atoms with Gasteiger partial charge in [0.05, 0.1) is 30.9 Å². The van der Waals surface area contributed by atoms with Crippen LogP contribution in [-0.2, 0) is 11.2 Å². The summed E-state index contributed by atoms with van der Waals surface area (Å²) in [5, 5.41) is 10.3. The number of ether oxygens (including phenoxy) is 3. The molecule has 0 saturated carbocycles. The van der Waals surface area contributed by atoms with Crippen molar-refractivity contribution in [3.63, 3.8) is 0 Å². The number of esters is 1. The van der Waals surface area contributed by atoms with Crippen molar-refractivity contribution in [2.75, 3.05) is 19.8 Å². The van der Waals surface area contributed by atoms with E-state index in [1.54, 1.807) is 19.1 Å². The molecule has 2 aromatic rings. The van der Waals surface area contributed by atoms with Crippen molar-refractivity contribution in [2.45, 2.75) is 40.0 Å². The van der Waals surface area contributed by atoms with Crippen LogP contribution >= 0.6 is 0 Å². The minimum absolute atomic E-state index is 0.0399. The molecule has 0 radical (unpaired) electrons. The van der Waals surface area contributed by atoms with Gasteiger partial charge in [-0.3, -0.25) is 4.79 Å². The Balaban J connectivity index is 1.91. The van der Waals surface area contributed by atoms with Gasteiger partial charge in [0.25, 0.3) is 0 Å². The van der Waals surface area contributed by atoms with E-state index in [0.29, 0.717) is 24.2 Å². The van der Waals surface area contributed by atoms with Gasteiger partial charge in [0, 0.05) is 12.0 Å². The van der Waals surface area contributed by atoms with Crippen molar-refractivity contribution < 1.29 is 33.3 Å². The van der Waals surface area contributed by atoms with Crippen LogP contribution in [0, 0.1) is 5.82 Å². The summed E-state index contributed by atoms with van der Waals surface area (Å²) in [5.41, 5.74) is 1.00. The van der Waals surface area contributed by atoms with Crippen LogP contribution in [0.3, 0.4) is 0 Å². The van der Waals surface area contributed by atoms with E-state index in [1.165, 1.54) is 19.1 Å². The van der Waals surface area contributed by atoms with Gasteiger partial charge in [-0.1, -0.05) is 13.3 Å². The third-order valence-corrected chi connectivity index (χ3v) is 4.37. The smallest absolute Gasteiger partial charge is 0.338 e. The first-order valence-corrected chi connectivity index (χ1v) is 9.97. The van der Waals surface area contributed by atoms with Gasteiger partial charge < -0.3 is 19.3 Å². The molecule has 0 aliphatic carbocycles. The molecule has 30 heavy (non-hydrogen) atoms. The lowest BCUT2D eigenvalue weighted by molar-refractivity contribution is 0.0525. The third-order valence-electron chi connectivity index (χ3n) is 4.37. The molecule has 0 spiro atoms. The van der Waals surface area contributed by atoms with Gasteiger partial charge in [0.1, 0.15) is 11.5 Å². The van der Waals surface area contributed by atoms with Crippen LogP contribution in [0.25, 0.3) is 0 Å². The summed E-state index contributed by atoms with van der Waals surface area (Å²) in [6, 6.07) is 7.14. The molecule has 7 heteroatoms. The van der Waals surface area contributed by atoms with E-state index < -0.39 is 11.8 Å². The summed E-state index contributed by atoms with van der Waals surface area (Å²) in [6.07, 6.45) is 1.84. The lowest BCUT2D eigenvalue weighted by atomic mass is 10.0. The van der Waals surface area contributed by atoms with Crippen LogP contribution in [0.5, 0.6) is 17.2 Å². The number of hydrogen-bond donors (Lipinski definition) is 1. The second-order valence-corrected chi connectivity index (χ2v) is 6.66. The topological polar surface area (TPSA) is 82.1 Å². The fourth-order valence-corrected chi connectivity index (χ4v) is 2.91. The molecule has 2 aromatic carbocycles. The number of benzene rings is 2. The van der Waals surface area contributed by atoms with E-state index in [9.17, 15) is 19.1 Å². The number of carbonyl (C=O) groups is 2. The average molecular weight is 418 g/mol. The standard InChI is InChI=1S/C23H27FO6/c1-4-7-18-20(11-9-17(15(3)25)22(18)26)29-12-6-13-30-21-10-8-16(14-19(21)24)23(27)28-5-2/h8-11,14,26H,4-7,12-13H2,1-3H3. The Labute approximate surface area is 175 Å². The molecule has 0 saturated heterocycles. The molecule has 0 aliphatic heterocycles. The predicted molar refractivity (Wildman–Crippen MR) is 110 cm³/mol. The zero-order chi connectivity index (χ0) is 22.1. The Morgan fingerprint density at radius 2 is 1.70 bits per heavy atom. The molecule has 6 nitrogen and oxygen atoms in total. The van der Waals surface area contributed by atoms with Gasteiger partial charge in [-0.25, -0.2) is 9.18 Å². The minimum atomic E-state index is -0.642. The molecule has 162 valence electrons. The highest BCUT2D eigenvalue weighted by Gasteiger charge is 2.16. The monoisotopic (exact) mass is 418 g/mol. The van der Waals surface area contributed by atoms with E-state index in [2.05, 4.69) is 0 Å². The number of ketones is 1. The van der Waals surface area contributed by atoms with Crippen LogP contribution in [0.15, 0.2) is 30.3 Å². The number of carbonyl (C=O) groups excluding carboxylic acids is 2. The van der Waals surface area contributed by atoms with E-state index >= 15 is 0 Å². The number of phenolic OH excluding ortho intramolecular Hbond substituents is 1. The SMILES string of the molecule is CCCc1c(OCCCOc2ccc(C(=O)OCC)cc2F)ccc(C(C)=O)c1O. The maximum atomic E-state index is 14.1. The number of aromatic hydroxyl groups is 1. The Hall–Kier alpha value is -3.09. The molecule has 0 bridgehead atoms. The molecule has 0 fully saturated rings. The molecule has 0 atom stereocenters. The minimum Gasteiger partial charge on any atom is -0.507 e. The zero-order valence-electron chi connectivity index (χ0n) is 17.5. The van der Waals surface area contributed by atoms with Gasteiger partial charge in [0.2, 0.25) is 0 Å². The van der Waals surface area contributed by atoms with Crippen molar-refractivity contribution >= 4 is 11.8 Å². The van der Waals surface area contributed by atoms with Gasteiger partial charge in [-0.15, -0.1) is 0 Å². The summed E-state index contributed by atoms with van der Waals surface area (Å²) in [6.45, 7) is 5.76. The maximum Gasteiger partial charge on any atom is 0.338 e. The first-order valence-electron chi connectivity index (χ1n) is 9.97. The molecular weight excluding hydrogens is 391 g/mol. The molecular formula is C23H27FO6. The quantitative estimate of drug-likeness (QED) is 0.323. The molecule has 0 unspecified atom stereocenters. The van der Waals surface area contributed by atoms with Crippen LogP contribution in [-0.4, -0.2) is 36.7 Å². The fraction of sp³-hybridized carbons (Fsp3) is 0.391. The number of hydrogen-bond acceptors (Lipinski definition) is 6. The maximum absolute atomic E-state index is 14.1. The van der Waals surface area contributed by atoms with E-state index in [0.717, 1.165) is 12.5 Å². The van der Waals surface area contributed by atoms with E-state index in [4.69, 9.17) is 14.2 Å². The lowest BCUT2D eigenvalue weighted by Crippen LogP contribution is -2.09. The second kappa shape index (κ2) is 11.2. The van der Waals surface area contributed by atoms with Crippen molar-refractivity contribution in [3.8, 4) is 17.2 Å². The largest absolute Gasteiger partial charge is 0.507 e. The fourth-order valence-electron chi connectivity index (χ4n) is 2.91. The third kappa shape index (κ3) is 5.95. The highest BCUT2D eigenvalue weighted by Crippen LogP contribution is 2.33. The number of halogens is 1. The van der Waals surface area contributed by atoms with Gasteiger partial charge in [-0.05, 0) is 50.6 Å². The first kappa shape index (κ1) is 23.2. The Kier molecular flexibility index (Phi) is 8.65. The molecule has 2 rings (SSSR count). The van der Waals surface area contributed by atoms with Crippen LogP contribution < -0.4 is 9.47 Å². The number of Topliss-reactive ketones (excluding diaryl/α,β-unsaturated/α-hetero) is 1. The van der Waals surface area contributed by atoms with Gasteiger partial charge in [0.15, 0.2) is 17.3 Å². The molecule has 0 heterocycles.